The molecule has 0 aliphatic heterocycles. The van der Waals surface area contributed by atoms with Crippen LogP contribution in [0.4, 0.5) is 4.39 Å². The van der Waals surface area contributed by atoms with Gasteiger partial charge in [0.05, 0.1) is 0 Å². The first kappa shape index (κ1) is 25.9. The number of rotatable bonds is 9. The molecule has 5 nitrogen and oxygen atoms in total. The normalized spacial score (nSPS) is 12.0. The molecule has 3 aromatic carbocycles. The molecule has 0 saturated heterocycles. The van der Waals surface area contributed by atoms with Crippen LogP contribution in [0.2, 0.25) is 0 Å². The summed E-state index contributed by atoms with van der Waals surface area (Å²) in [7, 11) is 1.55. The van der Waals surface area contributed by atoms with Crippen molar-refractivity contribution in [1.29, 1.82) is 0 Å². The summed E-state index contributed by atoms with van der Waals surface area (Å²) >= 11 is 0. The van der Waals surface area contributed by atoms with E-state index in [1.807, 2.05) is 54.6 Å². The van der Waals surface area contributed by atoms with Gasteiger partial charge < -0.3 is 15.0 Å². The number of hydrogen-bond donors (Lipinski definition) is 1. The summed E-state index contributed by atoms with van der Waals surface area (Å²) < 4.78 is 19.3. The zero-order chi connectivity index (χ0) is 25.4. The fourth-order valence-electron chi connectivity index (χ4n) is 3.79. The van der Waals surface area contributed by atoms with E-state index in [-0.39, 0.29) is 36.2 Å². The van der Waals surface area contributed by atoms with Crippen molar-refractivity contribution >= 4 is 11.8 Å². The van der Waals surface area contributed by atoms with Crippen LogP contribution in [0.1, 0.15) is 37.5 Å². The summed E-state index contributed by atoms with van der Waals surface area (Å²) in [6, 6.07) is 22.4. The molecule has 0 bridgehead atoms. The predicted molar refractivity (Wildman–Crippen MR) is 136 cm³/mol. The monoisotopic (exact) mass is 476 g/mol. The number of carbonyl (C=O) groups excluding carboxylic acids is 2. The Bertz CT molecular complexity index is 1110. The van der Waals surface area contributed by atoms with Gasteiger partial charge in [-0.25, -0.2) is 4.39 Å². The first-order chi connectivity index (χ1) is 16.7. The van der Waals surface area contributed by atoms with Gasteiger partial charge >= 0.3 is 0 Å². The Morgan fingerprint density at radius 2 is 1.54 bits per heavy atom. The molecule has 0 radical (unpaired) electrons. The van der Waals surface area contributed by atoms with E-state index in [1.165, 1.54) is 17.0 Å². The summed E-state index contributed by atoms with van der Waals surface area (Å²) in [6.45, 7) is 6.32. The Hall–Kier alpha value is -3.67. The lowest BCUT2D eigenvalue weighted by molar-refractivity contribution is -0.142. The minimum atomic E-state index is -0.758. The van der Waals surface area contributed by atoms with E-state index in [9.17, 15) is 14.0 Å². The Balaban J connectivity index is 1.83. The molecule has 2 amide bonds. The third-order valence-corrected chi connectivity index (χ3v) is 5.87. The number of halogens is 1. The molecule has 1 atom stereocenters. The van der Waals surface area contributed by atoms with Gasteiger partial charge in [-0.05, 0) is 46.4 Å². The molecular weight excluding hydrogens is 443 g/mol. The van der Waals surface area contributed by atoms with Crippen molar-refractivity contribution in [3.63, 3.8) is 0 Å². The van der Waals surface area contributed by atoms with E-state index in [0.717, 1.165) is 16.7 Å². The van der Waals surface area contributed by atoms with Crippen molar-refractivity contribution in [3.8, 4) is 5.75 Å². The molecule has 1 N–H and O–H groups in total. The lowest BCUT2D eigenvalue weighted by Crippen LogP contribution is -2.51. The maximum absolute atomic E-state index is 13.5. The largest absolute Gasteiger partial charge is 0.484 e. The van der Waals surface area contributed by atoms with Gasteiger partial charge in [0.25, 0.3) is 5.91 Å². The Labute approximate surface area is 206 Å². The minimum Gasteiger partial charge on any atom is -0.484 e. The van der Waals surface area contributed by atoms with Crippen molar-refractivity contribution in [2.45, 2.75) is 45.2 Å². The highest BCUT2D eigenvalue weighted by atomic mass is 19.1. The fourth-order valence-corrected chi connectivity index (χ4v) is 3.79. The van der Waals surface area contributed by atoms with Gasteiger partial charge in [0.15, 0.2) is 6.61 Å². The zero-order valence-corrected chi connectivity index (χ0v) is 20.8. The zero-order valence-electron chi connectivity index (χ0n) is 20.8. The molecule has 0 aromatic heterocycles. The molecule has 0 saturated carbocycles. The third-order valence-electron chi connectivity index (χ3n) is 5.87. The van der Waals surface area contributed by atoms with Crippen LogP contribution in [0, 0.1) is 5.82 Å². The van der Waals surface area contributed by atoms with Crippen LogP contribution in [-0.2, 0) is 28.0 Å². The van der Waals surface area contributed by atoms with Crippen LogP contribution < -0.4 is 10.1 Å². The van der Waals surface area contributed by atoms with E-state index >= 15 is 0 Å². The van der Waals surface area contributed by atoms with Gasteiger partial charge in [-0.2, -0.15) is 0 Å². The van der Waals surface area contributed by atoms with E-state index < -0.39 is 6.04 Å². The Morgan fingerprint density at radius 3 is 2.11 bits per heavy atom. The van der Waals surface area contributed by atoms with Crippen molar-refractivity contribution in [2.75, 3.05) is 13.7 Å². The molecule has 1 unspecified atom stereocenters. The van der Waals surface area contributed by atoms with Gasteiger partial charge in [0.2, 0.25) is 5.91 Å². The Kier molecular flexibility index (Phi) is 8.63. The van der Waals surface area contributed by atoms with Crippen LogP contribution in [0.25, 0.3) is 0 Å². The van der Waals surface area contributed by atoms with Crippen LogP contribution in [0.5, 0.6) is 5.75 Å². The van der Waals surface area contributed by atoms with Crippen molar-refractivity contribution in [3.05, 3.63) is 101 Å². The number of benzene rings is 3. The lowest BCUT2D eigenvalue weighted by Gasteiger charge is -2.31. The SMILES string of the molecule is CNC(=O)C(Cc1ccccc1)N(Cc1ccc(F)cc1)C(=O)COc1ccc(C(C)(C)C)cc1. The number of carbonyl (C=O) groups is 2. The number of hydrogen-bond acceptors (Lipinski definition) is 3. The number of ether oxygens (including phenoxy) is 1. The summed E-state index contributed by atoms with van der Waals surface area (Å²) in [5.74, 6) is -0.397. The molecule has 35 heavy (non-hydrogen) atoms. The van der Waals surface area contributed by atoms with E-state index in [0.29, 0.717) is 12.2 Å². The smallest absolute Gasteiger partial charge is 0.261 e. The Morgan fingerprint density at radius 1 is 0.914 bits per heavy atom. The van der Waals surface area contributed by atoms with Gasteiger partial charge in [-0.1, -0.05) is 75.4 Å². The predicted octanol–water partition coefficient (Wildman–Crippen LogP) is 4.89. The minimum absolute atomic E-state index is 0.0124. The van der Waals surface area contributed by atoms with Crippen LogP contribution in [0.15, 0.2) is 78.9 Å². The second-order valence-corrected chi connectivity index (χ2v) is 9.53. The lowest BCUT2D eigenvalue weighted by atomic mass is 9.87. The second kappa shape index (κ2) is 11.6. The number of amides is 2. The molecule has 184 valence electrons. The van der Waals surface area contributed by atoms with Crippen LogP contribution in [-0.4, -0.2) is 36.4 Å². The van der Waals surface area contributed by atoms with Crippen molar-refractivity contribution < 1.29 is 18.7 Å². The first-order valence-corrected chi connectivity index (χ1v) is 11.7. The molecule has 0 spiro atoms. The highest BCUT2D eigenvalue weighted by molar-refractivity contribution is 5.88. The average Bonchev–Trinajstić information content (AvgIpc) is 2.85. The molecule has 0 fully saturated rings. The standard InChI is InChI=1S/C29H33FN2O3/c1-29(2,3)23-12-16-25(17-13-23)35-20-27(33)32(19-22-10-14-24(30)15-11-22)26(28(34)31-4)18-21-8-6-5-7-9-21/h5-17,26H,18-20H2,1-4H3,(H,31,34). The number of nitrogens with zero attached hydrogens (tertiary/aromatic N) is 1. The fraction of sp³-hybridized carbons (Fsp3) is 0.310. The summed E-state index contributed by atoms with van der Waals surface area (Å²) in [6.07, 6.45) is 0.341. The summed E-state index contributed by atoms with van der Waals surface area (Å²) in [4.78, 5) is 27.8. The van der Waals surface area contributed by atoms with E-state index in [4.69, 9.17) is 4.74 Å². The quantitative estimate of drug-likeness (QED) is 0.479. The molecule has 0 heterocycles. The molecular formula is C29H33FN2O3. The van der Waals surface area contributed by atoms with Gasteiger partial charge in [-0.15, -0.1) is 0 Å². The molecule has 3 aromatic rings. The maximum atomic E-state index is 13.5. The maximum Gasteiger partial charge on any atom is 0.261 e. The van der Waals surface area contributed by atoms with Crippen molar-refractivity contribution in [2.24, 2.45) is 0 Å². The topological polar surface area (TPSA) is 58.6 Å². The first-order valence-electron chi connectivity index (χ1n) is 11.7. The van der Waals surface area contributed by atoms with Gasteiger partial charge in [-0.3, -0.25) is 9.59 Å². The highest BCUT2D eigenvalue weighted by Crippen LogP contribution is 2.24. The molecule has 0 aliphatic rings. The molecule has 3 rings (SSSR count). The summed E-state index contributed by atoms with van der Waals surface area (Å²) in [5.41, 5.74) is 2.82. The second-order valence-electron chi connectivity index (χ2n) is 9.53. The number of likely N-dealkylation sites (N-methyl/N-ethyl adjacent to an activating group) is 1. The third kappa shape index (κ3) is 7.41. The molecule has 6 heteroatoms. The number of nitrogens with one attached hydrogen (secondary N) is 1. The molecule has 0 aliphatic carbocycles. The van der Waals surface area contributed by atoms with E-state index in [1.54, 1.807) is 19.2 Å². The highest BCUT2D eigenvalue weighted by Gasteiger charge is 2.30. The van der Waals surface area contributed by atoms with Crippen LogP contribution >= 0.6 is 0 Å². The summed E-state index contributed by atoms with van der Waals surface area (Å²) in [5, 5.41) is 2.68. The van der Waals surface area contributed by atoms with E-state index in [2.05, 4.69) is 26.1 Å². The average molecular weight is 477 g/mol. The van der Waals surface area contributed by atoms with Crippen molar-refractivity contribution in [1.82, 2.24) is 10.2 Å². The van der Waals surface area contributed by atoms with Gasteiger partial charge in [0.1, 0.15) is 17.6 Å². The van der Waals surface area contributed by atoms with Gasteiger partial charge in [0, 0.05) is 20.0 Å². The van der Waals surface area contributed by atoms with Crippen LogP contribution in [0.3, 0.4) is 0 Å².